The summed E-state index contributed by atoms with van der Waals surface area (Å²) in [6, 6.07) is 8.06. The molecule has 0 saturated heterocycles. The number of nitrogens with two attached hydrogens (primary N) is 1. The molecular formula is C23H30N6O4S2. The van der Waals surface area contributed by atoms with E-state index in [-0.39, 0.29) is 24.0 Å². The number of sulfonamides is 2. The van der Waals surface area contributed by atoms with Gasteiger partial charge in [0.2, 0.25) is 20.0 Å². The fourth-order valence-corrected chi connectivity index (χ4v) is 7.04. The predicted molar refractivity (Wildman–Crippen MR) is 134 cm³/mol. The Kier molecular flexibility index (Phi) is 6.32. The van der Waals surface area contributed by atoms with Crippen LogP contribution in [-0.2, 0) is 39.4 Å². The third kappa shape index (κ3) is 4.67. The highest BCUT2D eigenvalue weighted by atomic mass is 32.2. The van der Waals surface area contributed by atoms with Gasteiger partial charge in [-0.3, -0.25) is 0 Å². The molecule has 0 radical (unpaired) electrons. The zero-order valence-corrected chi connectivity index (χ0v) is 21.3. The summed E-state index contributed by atoms with van der Waals surface area (Å²) in [6.45, 7) is 0.731. The van der Waals surface area contributed by atoms with E-state index in [9.17, 15) is 16.8 Å². The Labute approximate surface area is 205 Å². The van der Waals surface area contributed by atoms with Gasteiger partial charge in [0.15, 0.2) is 5.82 Å². The molecule has 3 aromatic rings. The number of hydrogen-bond donors (Lipinski definition) is 2. The minimum Gasteiger partial charge on any atom is -0.382 e. The normalized spacial score (nSPS) is 18.9. The van der Waals surface area contributed by atoms with Crippen molar-refractivity contribution in [3.05, 3.63) is 47.4 Å². The largest absolute Gasteiger partial charge is 0.382 e. The van der Waals surface area contributed by atoms with E-state index in [1.807, 2.05) is 0 Å². The molecule has 12 heteroatoms. The molecule has 1 aliphatic heterocycles. The highest BCUT2D eigenvalue weighted by Crippen LogP contribution is 2.37. The Balaban J connectivity index is 1.44. The van der Waals surface area contributed by atoms with Crippen molar-refractivity contribution >= 4 is 36.9 Å². The third-order valence-corrected chi connectivity index (χ3v) is 9.53. The predicted octanol–water partition coefficient (Wildman–Crippen LogP) is 1.97. The van der Waals surface area contributed by atoms with Crippen LogP contribution in [0.25, 0.3) is 11.0 Å². The summed E-state index contributed by atoms with van der Waals surface area (Å²) in [5, 5.41) is 0. The Morgan fingerprint density at radius 3 is 2.57 bits per heavy atom. The van der Waals surface area contributed by atoms with E-state index in [1.54, 1.807) is 30.3 Å². The third-order valence-electron chi connectivity index (χ3n) is 6.83. The van der Waals surface area contributed by atoms with Crippen LogP contribution in [0, 0.1) is 0 Å². The van der Waals surface area contributed by atoms with Gasteiger partial charge < -0.3 is 10.3 Å². The van der Waals surface area contributed by atoms with Crippen molar-refractivity contribution in [2.24, 2.45) is 0 Å². The summed E-state index contributed by atoms with van der Waals surface area (Å²) in [7, 11) is -7.03. The zero-order chi connectivity index (χ0) is 24.8. The molecule has 188 valence electrons. The maximum Gasteiger partial charge on any atom is 0.240 e. The fraction of sp³-hybridized carbons (Fsp3) is 0.478. The van der Waals surface area contributed by atoms with Crippen molar-refractivity contribution in [3.8, 4) is 0 Å². The van der Waals surface area contributed by atoms with Crippen LogP contribution in [0.2, 0.25) is 0 Å². The lowest BCUT2D eigenvalue weighted by Gasteiger charge is -2.34. The molecule has 5 rings (SSSR count). The number of nitrogen functional groups attached to an aromatic ring is 1. The average Bonchev–Trinajstić information content (AvgIpc) is 3.23. The van der Waals surface area contributed by atoms with E-state index in [2.05, 4.69) is 14.3 Å². The Bertz CT molecular complexity index is 1470. The summed E-state index contributed by atoms with van der Waals surface area (Å²) >= 11 is 0. The van der Waals surface area contributed by atoms with Gasteiger partial charge in [-0.15, -0.1) is 0 Å². The molecule has 0 fully saturated rings. The van der Waals surface area contributed by atoms with Crippen molar-refractivity contribution < 1.29 is 16.8 Å². The first-order valence-electron chi connectivity index (χ1n) is 11.8. The first-order chi connectivity index (χ1) is 16.6. The molecular weight excluding hydrogens is 488 g/mol. The number of hydrogen-bond acceptors (Lipinski definition) is 7. The van der Waals surface area contributed by atoms with Crippen molar-refractivity contribution in [2.75, 3.05) is 25.1 Å². The quantitative estimate of drug-likeness (QED) is 0.456. The standard InChI is InChI=1S/C23H30N6O4S2/c1-34(30,31)28-14-16(8-7-13-25-35(32,33)17-9-3-2-4-10-17)29-20(15-28)27-21-22(29)18-11-5-6-12-19(18)26-23(21)24/h2-4,9-10,16,25H,5-8,11-15H2,1H3,(H2,24,26)/t16-/m0/s1. The summed E-state index contributed by atoms with van der Waals surface area (Å²) in [5.74, 6) is 1.03. The number of nitrogens with one attached hydrogen (secondary N) is 1. The van der Waals surface area contributed by atoms with Crippen LogP contribution >= 0.6 is 0 Å². The molecule has 0 amide bonds. The number of benzene rings is 1. The minimum atomic E-state index is -3.60. The average molecular weight is 519 g/mol. The number of aryl methyl sites for hydroxylation is 2. The Morgan fingerprint density at radius 1 is 1.09 bits per heavy atom. The molecule has 1 aliphatic carbocycles. The van der Waals surface area contributed by atoms with Gasteiger partial charge in [-0.1, -0.05) is 18.2 Å². The van der Waals surface area contributed by atoms with Gasteiger partial charge in [0, 0.05) is 24.8 Å². The van der Waals surface area contributed by atoms with Crippen LogP contribution in [0.15, 0.2) is 35.2 Å². The number of nitrogens with zero attached hydrogens (tertiary/aromatic N) is 4. The second kappa shape index (κ2) is 9.16. The van der Waals surface area contributed by atoms with Crippen molar-refractivity contribution in [2.45, 2.75) is 56.0 Å². The van der Waals surface area contributed by atoms with E-state index in [0.29, 0.717) is 36.5 Å². The molecule has 2 aromatic heterocycles. The van der Waals surface area contributed by atoms with E-state index < -0.39 is 20.0 Å². The van der Waals surface area contributed by atoms with Crippen molar-refractivity contribution in [1.82, 2.24) is 23.6 Å². The topological polar surface area (TPSA) is 140 Å². The highest BCUT2D eigenvalue weighted by molar-refractivity contribution is 7.89. The Hall–Kier alpha value is -2.54. The van der Waals surface area contributed by atoms with Crippen LogP contribution in [0.3, 0.4) is 0 Å². The Morgan fingerprint density at radius 2 is 1.83 bits per heavy atom. The fourth-order valence-electron chi connectivity index (χ4n) is 5.16. The second-order valence-corrected chi connectivity index (χ2v) is 13.0. The smallest absolute Gasteiger partial charge is 0.240 e. The van der Waals surface area contributed by atoms with Crippen molar-refractivity contribution in [3.63, 3.8) is 0 Å². The van der Waals surface area contributed by atoms with Gasteiger partial charge in [0.25, 0.3) is 0 Å². The number of aromatic nitrogens is 3. The van der Waals surface area contributed by atoms with Crippen LogP contribution in [0.5, 0.6) is 0 Å². The molecule has 1 aromatic carbocycles. The summed E-state index contributed by atoms with van der Waals surface area (Å²) in [4.78, 5) is 9.56. The molecule has 10 nitrogen and oxygen atoms in total. The van der Waals surface area contributed by atoms with E-state index in [1.165, 1.54) is 10.6 Å². The number of anilines is 1. The van der Waals surface area contributed by atoms with Gasteiger partial charge in [-0.2, -0.15) is 4.31 Å². The number of imidazole rings is 1. The molecule has 0 saturated carbocycles. The molecule has 3 N–H and O–H groups in total. The minimum absolute atomic E-state index is 0.179. The highest BCUT2D eigenvalue weighted by Gasteiger charge is 2.34. The second-order valence-electron chi connectivity index (χ2n) is 9.29. The van der Waals surface area contributed by atoms with Gasteiger partial charge >= 0.3 is 0 Å². The van der Waals surface area contributed by atoms with E-state index in [4.69, 9.17) is 10.7 Å². The number of pyridine rings is 1. The lowest BCUT2D eigenvalue weighted by Crippen LogP contribution is -2.41. The lowest BCUT2D eigenvalue weighted by molar-refractivity contribution is 0.271. The molecule has 35 heavy (non-hydrogen) atoms. The lowest BCUT2D eigenvalue weighted by atomic mass is 9.94. The SMILES string of the molecule is CS(=O)(=O)N1Cc2nc3c(N)nc4c(c3n2[C@@H](CCCNS(=O)(=O)c2ccccc2)C1)CCCC4. The van der Waals surface area contributed by atoms with Crippen LogP contribution in [0.1, 0.15) is 48.8 Å². The molecule has 1 atom stereocenters. The van der Waals surface area contributed by atoms with Crippen LogP contribution in [-0.4, -0.2) is 55.0 Å². The van der Waals surface area contributed by atoms with Gasteiger partial charge in [0.1, 0.15) is 11.3 Å². The maximum absolute atomic E-state index is 12.6. The molecule has 3 heterocycles. The monoisotopic (exact) mass is 518 g/mol. The molecule has 2 aliphatic rings. The van der Waals surface area contributed by atoms with Crippen LogP contribution in [0.4, 0.5) is 5.82 Å². The number of rotatable bonds is 7. The van der Waals surface area contributed by atoms with Crippen LogP contribution < -0.4 is 10.5 Å². The summed E-state index contributed by atoms with van der Waals surface area (Å²) < 4.78 is 56.2. The van der Waals surface area contributed by atoms with Crippen molar-refractivity contribution in [1.29, 1.82) is 0 Å². The number of fused-ring (bicyclic) bond motifs is 5. The van der Waals surface area contributed by atoms with Gasteiger partial charge in [-0.25, -0.2) is 31.5 Å². The van der Waals surface area contributed by atoms with E-state index in [0.717, 1.165) is 42.5 Å². The van der Waals surface area contributed by atoms with Gasteiger partial charge in [-0.05, 0) is 56.2 Å². The molecule has 0 bridgehead atoms. The van der Waals surface area contributed by atoms with E-state index >= 15 is 0 Å². The zero-order valence-electron chi connectivity index (χ0n) is 19.6. The van der Waals surface area contributed by atoms with Gasteiger partial charge in [0.05, 0.1) is 23.2 Å². The first kappa shape index (κ1) is 24.2. The molecule has 0 spiro atoms. The maximum atomic E-state index is 12.6. The molecule has 0 unspecified atom stereocenters. The first-order valence-corrected chi connectivity index (χ1v) is 15.2. The summed E-state index contributed by atoms with van der Waals surface area (Å²) in [6.07, 6.45) is 6.22. The summed E-state index contributed by atoms with van der Waals surface area (Å²) in [5.41, 5.74) is 10.0.